The van der Waals surface area contributed by atoms with Crippen molar-refractivity contribution in [2.24, 2.45) is 0 Å². The maximum Gasteiger partial charge on any atom is 0.128 e. The minimum atomic E-state index is -0.784. The monoisotopic (exact) mass is 307 g/mol. The summed E-state index contributed by atoms with van der Waals surface area (Å²) in [5.41, 5.74) is 1.47. The van der Waals surface area contributed by atoms with Gasteiger partial charge in [-0.25, -0.2) is 4.39 Å². The SMILES string of the molecule is CN(CCC(O)c1ccccc1F)Cc1cccc(Cl)c1. The van der Waals surface area contributed by atoms with Gasteiger partial charge in [-0.05, 0) is 37.2 Å². The zero-order valence-corrected chi connectivity index (χ0v) is 12.7. The normalized spacial score (nSPS) is 12.6. The van der Waals surface area contributed by atoms with Crippen LogP contribution in [0.25, 0.3) is 0 Å². The molecule has 2 aromatic carbocycles. The molecule has 21 heavy (non-hydrogen) atoms. The molecule has 0 saturated heterocycles. The van der Waals surface area contributed by atoms with Gasteiger partial charge < -0.3 is 10.0 Å². The predicted octanol–water partition coefficient (Wildman–Crippen LogP) is 4.03. The Morgan fingerprint density at radius 2 is 1.95 bits per heavy atom. The molecule has 0 fully saturated rings. The lowest BCUT2D eigenvalue weighted by Crippen LogP contribution is -2.21. The Labute approximate surface area is 129 Å². The van der Waals surface area contributed by atoms with Gasteiger partial charge in [-0.2, -0.15) is 0 Å². The van der Waals surface area contributed by atoms with Crippen molar-refractivity contribution in [1.82, 2.24) is 4.90 Å². The number of aliphatic hydroxyl groups excluding tert-OH is 1. The number of hydrogen-bond acceptors (Lipinski definition) is 2. The number of halogens is 2. The molecule has 0 heterocycles. The number of benzene rings is 2. The van der Waals surface area contributed by atoms with Gasteiger partial charge in [-0.3, -0.25) is 0 Å². The van der Waals surface area contributed by atoms with Gasteiger partial charge in [-0.1, -0.05) is 41.9 Å². The molecule has 1 atom stereocenters. The van der Waals surface area contributed by atoms with E-state index in [9.17, 15) is 9.50 Å². The van der Waals surface area contributed by atoms with Crippen molar-refractivity contribution < 1.29 is 9.50 Å². The van der Waals surface area contributed by atoms with Crippen molar-refractivity contribution in [3.8, 4) is 0 Å². The van der Waals surface area contributed by atoms with Crippen LogP contribution in [-0.4, -0.2) is 23.6 Å². The van der Waals surface area contributed by atoms with Crippen LogP contribution in [0.5, 0.6) is 0 Å². The highest BCUT2D eigenvalue weighted by molar-refractivity contribution is 6.30. The second-order valence-electron chi connectivity index (χ2n) is 5.19. The topological polar surface area (TPSA) is 23.5 Å². The van der Waals surface area contributed by atoms with E-state index >= 15 is 0 Å². The first kappa shape index (κ1) is 16.0. The molecule has 0 saturated carbocycles. The molecular formula is C17H19ClFNO. The summed E-state index contributed by atoms with van der Waals surface area (Å²) >= 11 is 5.95. The Morgan fingerprint density at radius 1 is 1.19 bits per heavy atom. The van der Waals surface area contributed by atoms with Crippen molar-refractivity contribution >= 4 is 11.6 Å². The highest BCUT2D eigenvalue weighted by atomic mass is 35.5. The van der Waals surface area contributed by atoms with Gasteiger partial charge in [0.2, 0.25) is 0 Å². The van der Waals surface area contributed by atoms with E-state index in [1.54, 1.807) is 18.2 Å². The summed E-state index contributed by atoms with van der Waals surface area (Å²) < 4.78 is 13.6. The second-order valence-corrected chi connectivity index (χ2v) is 5.63. The Balaban J connectivity index is 1.86. The van der Waals surface area contributed by atoms with Gasteiger partial charge in [0.1, 0.15) is 5.82 Å². The third-order valence-corrected chi connectivity index (χ3v) is 3.63. The fourth-order valence-electron chi connectivity index (χ4n) is 2.27. The van der Waals surface area contributed by atoms with Gasteiger partial charge in [-0.15, -0.1) is 0 Å². The molecule has 0 aliphatic heterocycles. The van der Waals surface area contributed by atoms with Crippen LogP contribution in [0.3, 0.4) is 0 Å². The molecule has 0 radical (unpaired) electrons. The molecule has 0 bridgehead atoms. The zero-order valence-electron chi connectivity index (χ0n) is 12.0. The molecule has 1 N–H and O–H groups in total. The fraction of sp³-hybridized carbons (Fsp3) is 0.294. The van der Waals surface area contributed by atoms with Crippen LogP contribution in [0.2, 0.25) is 5.02 Å². The smallest absolute Gasteiger partial charge is 0.128 e. The lowest BCUT2D eigenvalue weighted by atomic mass is 10.1. The molecule has 2 nitrogen and oxygen atoms in total. The van der Waals surface area contributed by atoms with Crippen LogP contribution in [0.4, 0.5) is 4.39 Å². The maximum atomic E-state index is 13.6. The largest absolute Gasteiger partial charge is 0.388 e. The fourth-order valence-corrected chi connectivity index (χ4v) is 2.48. The van der Waals surface area contributed by atoms with Crippen molar-refractivity contribution in [2.75, 3.05) is 13.6 Å². The average Bonchev–Trinajstić information content (AvgIpc) is 2.45. The number of hydrogen-bond donors (Lipinski definition) is 1. The number of aliphatic hydroxyl groups is 1. The molecule has 2 rings (SSSR count). The predicted molar refractivity (Wildman–Crippen MR) is 83.8 cm³/mol. The van der Waals surface area contributed by atoms with Crippen molar-refractivity contribution in [1.29, 1.82) is 0 Å². The first-order valence-corrected chi connectivity index (χ1v) is 7.29. The summed E-state index contributed by atoms with van der Waals surface area (Å²) in [5, 5.41) is 10.8. The molecule has 0 aliphatic rings. The highest BCUT2D eigenvalue weighted by Crippen LogP contribution is 2.20. The number of nitrogens with zero attached hydrogens (tertiary/aromatic N) is 1. The van der Waals surface area contributed by atoms with Gasteiger partial charge in [0.05, 0.1) is 6.10 Å². The third-order valence-electron chi connectivity index (χ3n) is 3.39. The van der Waals surface area contributed by atoms with Crippen molar-refractivity contribution in [3.63, 3.8) is 0 Å². The van der Waals surface area contributed by atoms with E-state index in [4.69, 9.17) is 11.6 Å². The highest BCUT2D eigenvalue weighted by Gasteiger charge is 2.13. The summed E-state index contributed by atoms with van der Waals surface area (Å²) in [6.45, 7) is 1.41. The standard InChI is InChI=1S/C17H19ClFNO/c1-20(12-13-5-4-6-14(18)11-13)10-9-17(21)15-7-2-3-8-16(15)19/h2-8,11,17,21H,9-10,12H2,1H3. The van der Waals surface area contributed by atoms with Crippen LogP contribution in [0, 0.1) is 5.82 Å². The van der Waals surface area contributed by atoms with Gasteiger partial charge in [0.15, 0.2) is 0 Å². The van der Waals surface area contributed by atoms with Crippen LogP contribution in [-0.2, 0) is 6.54 Å². The summed E-state index contributed by atoms with van der Waals surface area (Å²) in [5.74, 6) is -0.359. The van der Waals surface area contributed by atoms with E-state index in [1.165, 1.54) is 6.07 Å². The van der Waals surface area contributed by atoms with Gasteiger partial charge >= 0.3 is 0 Å². The van der Waals surface area contributed by atoms with Crippen molar-refractivity contribution in [2.45, 2.75) is 19.1 Å². The summed E-state index contributed by atoms with van der Waals surface area (Å²) in [7, 11) is 1.97. The molecule has 0 aromatic heterocycles. The second kappa shape index (κ2) is 7.55. The maximum absolute atomic E-state index is 13.6. The van der Waals surface area contributed by atoms with Crippen molar-refractivity contribution in [3.05, 3.63) is 70.5 Å². The molecule has 1 unspecified atom stereocenters. The molecule has 0 aliphatic carbocycles. The van der Waals surface area contributed by atoms with E-state index < -0.39 is 6.10 Å². The quantitative estimate of drug-likeness (QED) is 0.871. The van der Waals surface area contributed by atoms with E-state index in [2.05, 4.69) is 4.90 Å². The van der Waals surface area contributed by atoms with Gasteiger partial charge in [0.25, 0.3) is 0 Å². The van der Waals surface area contributed by atoms with Crippen LogP contribution in [0.15, 0.2) is 48.5 Å². The molecule has 2 aromatic rings. The molecule has 112 valence electrons. The molecule has 0 spiro atoms. The minimum Gasteiger partial charge on any atom is -0.388 e. The van der Waals surface area contributed by atoms with E-state index in [0.29, 0.717) is 23.6 Å². The lowest BCUT2D eigenvalue weighted by molar-refractivity contribution is 0.144. The van der Waals surface area contributed by atoms with E-state index in [1.807, 2.05) is 31.3 Å². The summed E-state index contributed by atoms with van der Waals surface area (Å²) in [6.07, 6.45) is -0.300. The van der Waals surface area contributed by atoms with Gasteiger partial charge in [0, 0.05) is 23.7 Å². The third kappa shape index (κ3) is 4.81. The summed E-state index contributed by atoms with van der Waals surface area (Å²) in [6, 6.07) is 14.0. The molecule has 4 heteroatoms. The average molecular weight is 308 g/mol. The first-order valence-electron chi connectivity index (χ1n) is 6.92. The Hall–Kier alpha value is -1.42. The van der Waals surface area contributed by atoms with E-state index in [0.717, 1.165) is 12.1 Å². The first-order chi connectivity index (χ1) is 10.1. The Bertz CT molecular complexity index is 591. The van der Waals surface area contributed by atoms with Crippen LogP contribution in [0.1, 0.15) is 23.7 Å². The number of rotatable bonds is 6. The van der Waals surface area contributed by atoms with E-state index in [-0.39, 0.29) is 5.82 Å². The Kier molecular flexibility index (Phi) is 5.74. The molecule has 0 amide bonds. The lowest BCUT2D eigenvalue weighted by Gasteiger charge is -2.19. The minimum absolute atomic E-state index is 0.355. The zero-order chi connectivity index (χ0) is 15.2. The molecular weight excluding hydrogens is 289 g/mol. The summed E-state index contributed by atoms with van der Waals surface area (Å²) in [4.78, 5) is 2.08. The van der Waals surface area contributed by atoms with Crippen LogP contribution >= 0.6 is 11.6 Å². The van der Waals surface area contributed by atoms with Crippen LogP contribution < -0.4 is 0 Å². The Morgan fingerprint density at radius 3 is 2.67 bits per heavy atom.